The fraction of sp³-hybridized carbons (Fsp3) is 0.529. The van der Waals surface area contributed by atoms with E-state index in [2.05, 4.69) is 51.8 Å². The molecule has 116 valence electrons. The number of benzene rings is 1. The molecule has 5 rings (SSSR count). The lowest BCUT2D eigenvalue weighted by atomic mass is 9.78. The first kappa shape index (κ1) is 14.6. The maximum absolute atomic E-state index is 12.5. The standard InChI is InChI=1S/C17H20IN3O/c1-2-14(22)21-16(12-5-3-4-6-13(12)18)17-15(19-21)11-7-9-20(17)10-8-11/h3-6,11,16-17H,2,7-10H2,1H3. The number of hydrogen-bond acceptors (Lipinski definition) is 3. The van der Waals surface area contributed by atoms with Gasteiger partial charge in [-0.1, -0.05) is 25.1 Å². The van der Waals surface area contributed by atoms with E-state index in [-0.39, 0.29) is 11.9 Å². The second-order valence-corrected chi connectivity index (χ2v) is 7.50. The van der Waals surface area contributed by atoms with Crippen molar-refractivity contribution < 1.29 is 4.79 Å². The quantitative estimate of drug-likeness (QED) is 0.705. The zero-order valence-corrected chi connectivity index (χ0v) is 14.9. The predicted molar refractivity (Wildman–Crippen MR) is 94.6 cm³/mol. The Morgan fingerprint density at radius 1 is 1.27 bits per heavy atom. The molecule has 22 heavy (non-hydrogen) atoms. The molecule has 5 heteroatoms. The van der Waals surface area contributed by atoms with E-state index < -0.39 is 0 Å². The Kier molecular flexibility index (Phi) is 3.72. The normalized spacial score (nSPS) is 32.8. The van der Waals surface area contributed by atoms with Crippen molar-refractivity contribution in [1.82, 2.24) is 9.91 Å². The Labute approximate surface area is 144 Å². The zero-order chi connectivity index (χ0) is 15.3. The molecule has 4 aliphatic heterocycles. The van der Waals surface area contributed by atoms with E-state index in [1.54, 1.807) is 5.01 Å². The highest BCUT2D eigenvalue weighted by atomic mass is 127. The molecule has 2 atom stereocenters. The largest absolute Gasteiger partial charge is 0.293 e. The van der Waals surface area contributed by atoms with E-state index in [4.69, 9.17) is 5.10 Å². The van der Waals surface area contributed by atoms with Gasteiger partial charge in [0, 0.05) is 15.9 Å². The molecule has 0 saturated carbocycles. The molecule has 4 aliphatic rings. The van der Waals surface area contributed by atoms with E-state index in [0.717, 1.165) is 13.1 Å². The third kappa shape index (κ3) is 2.12. The summed E-state index contributed by atoms with van der Waals surface area (Å²) in [6.07, 6.45) is 2.90. The van der Waals surface area contributed by atoms with Crippen LogP contribution in [0.5, 0.6) is 0 Å². The molecule has 2 bridgehead atoms. The minimum absolute atomic E-state index is 0.0543. The maximum Gasteiger partial charge on any atom is 0.243 e. The van der Waals surface area contributed by atoms with Crippen LogP contribution in [0, 0.1) is 9.49 Å². The van der Waals surface area contributed by atoms with Crippen molar-refractivity contribution in [1.29, 1.82) is 0 Å². The summed E-state index contributed by atoms with van der Waals surface area (Å²) in [5, 5.41) is 6.60. The average Bonchev–Trinajstić information content (AvgIpc) is 2.98. The van der Waals surface area contributed by atoms with Crippen LogP contribution in [0.4, 0.5) is 0 Å². The van der Waals surface area contributed by atoms with Crippen LogP contribution in [0.1, 0.15) is 37.8 Å². The van der Waals surface area contributed by atoms with Gasteiger partial charge < -0.3 is 0 Å². The molecular weight excluding hydrogens is 389 g/mol. The number of nitrogens with zero attached hydrogens (tertiary/aromatic N) is 3. The van der Waals surface area contributed by atoms with Crippen molar-refractivity contribution in [3.05, 3.63) is 33.4 Å². The Bertz CT molecular complexity index is 637. The summed E-state index contributed by atoms with van der Waals surface area (Å²) in [5.74, 6) is 0.709. The molecule has 1 aromatic carbocycles. The second-order valence-electron chi connectivity index (χ2n) is 6.34. The molecule has 0 aromatic heterocycles. The molecule has 3 fully saturated rings. The van der Waals surface area contributed by atoms with Crippen LogP contribution in [0.25, 0.3) is 0 Å². The van der Waals surface area contributed by atoms with Gasteiger partial charge in [0.15, 0.2) is 0 Å². The van der Waals surface area contributed by atoms with Crippen molar-refractivity contribution >= 4 is 34.2 Å². The first-order valence-corrected chi connectivity index (χ1v) is 9.17. The van der Waals surface area contributed by atoms with Crippen LogP contribution in [-0.2, 0) is 4.79 Å². The summed E-state index contributed by atoms with van der Waals surface area (Å²) < 4.78 is 1.22. The molecule has 1 amide bonds. The lowest BCUT2D eigenvalue weighted by molar-refractivity contribution is -0.133. The minimum atomic E-state index is 0.0543. The van der Waals surface area contributed by atoms with Crippen LogP contribution in [0.2, 0.25) is 0 Å². The number of amides is 1. The maximum atomic E-state index is 12.5. The van der Waals surface area contributed by atoms with Crippen molar-refractivity contribution in [3.63, 3.8) is 0 Å². The molecule has 0 spiro atoms. The van der Waals surface area contributed by atoms with E-state index in [0.29, 0.717) is 18.4 Å². The molecular formula is C17H20IN3O. The number of piperidine rings is 3. The third-order valence-corrected chi connectivity index (χ3v) is 6.19. The van der Waals surface area contributed by atoms with Crippen molar-refractivity contribution in [3.8, 4) is 0 Å². The fourth-order valence-corrected chi connectivity index (χ4v) is 4.82. The number of hydrazone groups is 1. The summed E-state index contributed by atoms with van der Waals surface area (Å²) in [6, 6.07) is 8.75. The van der Waals surface area contributed by atoms with Gasteiger partial charge in [-0.2, -0.15) is 5.10 Å². The minimum Gasteiger partial charge on any atom is -0.293 e. The topological polar surface area (TPSA) is 35.9 Å². The van der Waals surface area contributed by atoms with Crippen LogP contribution >= 0.6 is 22.6 Å². The molecule has 2 unspecified atom stereocenters. The highest BCUT2D eigenvalue weighted by Crippen LogP contribution is 2.44. The lowest BCUT2D eigenvalue weighted by Crippen LogP contribution is -2.56. The second kappa shape index (κ2) is 5.60. The predicted octanol–water partition coefficient (Wildman–Crippen LogP) is 3.03. The molecule has 4 nitrogen and oxygen atoms in total. The third-order valence-electron chi connectivity index (χ3n) is 5.21. The molecule has 0 radical (unpaired) electrons. The van der Waals surface area contributed by atoms with Crippen LogP contribution in [-0.4, -0.2) is 40.7 Å². The number of rotatable bonds is 2. The number of hydrogen-bond donors (Lipinski definition) is 0. The van der Waals surface area contributed by atoms with Crippen molar-refractivity contribution in [2.75, 3.05) is 13.1 Å². The van der Waals surface area contributed by atoms with Crippen LogP contribution in [0.3, 0.4) is 0 Å². The van der Waals surface area contributed by atoms with E-state index in [9.17, 15) is 4.79 Å². The van der Waals surface area contributed by atoms with Gasteiger partial charge in [0.25, 0.3) is 0 Å². The molecule has 1 aromatic rings. The van der Waals surface area contributed by atoms with Gasteiger partial charge in [0.05, 0.1) is 11.8 Å². The van der Waals surface area contributed by atoms with Gasteiger partial charge in [-0.05, 0) is 60.2 Å². The van der Waals surface area contributed by atoms with Crippen molar-refractivity contribution in [2.24, 2.45) is 11.0 Å². The molecule has 3 saturated heterocycles. The SMILES string of the molecule is CCC(=O)N1N=C2C3CCN(CC3)C2C1c1ccccc1I. The zero-order valence-electron chi connectivity index (χ0n) is 12.7. The first-order chi connectivity index (χ1) is 10.7. The molecule has 0 N–H and O–H groups in total. The average molecular weight is 409 g/mol. The summed E-state index contributed by atoms with van der Waals surface area (Å²) >= 11 is 2.38. The Balaban J connectivity index is 1.80. The highest BCUT2D eigenvalue weighted by Gasteiger charge is 2.51. The highest BCUT2D eigenvalue weighted by molar-refractivity contribution is 14.1. The van der Waals surface area contributed by atoms with Gasteiger partial charge in [-0.3, -0.25) is 9.69 Å². The molecule has 0 aliphatic carbocycles. The van der Waals surface area contributed by atoms with Gasteiger partial charge in [0.2, 0.25) is 5.91 Å². The number of halogens is 1. The van der Waals surface area contributed by atoms with Gasteiger partial charge in [0.1, 0.15) is 6.04 Å². The smallest absolute Gasteiger partial charge is 0.243 e. The Hall–Kier alpha value is -0.950. The molecule has 4 heterocycles. The lowest BCUT2D eigenvalue weighted by Gasteiger charge is -2.46. The van der Waals surface area contributed by atoms with Crippen LogP contribution in [0.15, 0.2) is 29.4 Å². The van der Waals surface area contributed by atoms with E-state index in [1.807, 2.05) is 6.92 Å². The van der Waals surface area contributed by atoms with E-state index in [1.165, 1.54) is 27.7 Å². The summed E-state index contributed by atoms with van der Waals surface area (Å²) in [7, 11) is 0. The first-order valence-electron chi connectivity index (χ1n) is 8.09. The summed E-state index contributed by atoms with van der Waals surface area (Å²) in [6.45, 7) is 4.21. The fourth-order valence-electron chi connectivity index (χ4n) is 4.11. The summed E-state index contributed by atoms with van der Waals surface area (Å²) in [4.78, 5) is 15.0. The number of fused-ring (bicyclic) bond motifs is 2. The van der Waals surface area contributed by atoms with Gasteiger partial charge in [-0.25, -0.2) is 5.01 Å². The Morgan fingerprint density at radius 3 is 2.68 bits per heavy atom. The van der Waals surface area contributed by atoms with Gasteiger partial charge in [-0.15, -0.1) is 0 Å². The van der Waals surface area contributed by atoms with Crippen LogP contribution < -0.4 is 0 Å². The number of carbonyl (C=O) groups is 1. The monoisotopic (exact) mass is 409 g/mol. The van der Waals surface area contributed by atoms with E-state index >= 15 is 0 Å². The van der Waals surface area contributed by atoms with Crippen molar-refractivity contribution in [2.45, 2.75) is 38.3 Å². The summed E-state index contributed by atoms with van der Waals surface area (Å²) in [5.41, 5.74) is 2.49. The number of carbonyl (C=O) groups excluding carboxylic acids is 1. The van der Waals surface area contributed by atoms with Gasteiger partial charge >= 0.3 is 0 Å². The Morgan fingerprint density at radius 2 is 2.00 bits per heavy atom.